The highest BCUT2D eigenvalue weighted by Crippen LogP contribution is 2.12. The minimum Gasteiger partial charge on any atom is -0.494 e. The van der Waals surface area contributed by atoms with E-state index in [0.29, 0.717) is 12.1 Å². The van der Waals surface area contributed by atoms with E-state index in [1.807, 2.05) is 19.1 Å². The largest absolute Gasteiger partial charge is 0.494 e. The molecular weight excluding hydrogens is 215 g/mol. The van der Waals surface area contributed by atoms with E-state index in [1.54, 1.807) is 12.1 Å². The van der Waals surface area contributed by atoms with Gasteiger partial charge in [-0.1, -0.05) is 12.1 Å². The highest BCUT2D eigenvalue weighted by molar-refractivity contribution is 6.59. The van der Waals surface area contributed by atoms with Gasteiger partial charge in [0.25, 0.3) is 0 Å². The lowest BCUT2D eigenvalue weighted by atomic mass is 9.77. The molecule has 1 rings (SSSR count). The first-order valence-electron chi connectivity index (χ1n) is 5.85. The smallest absolute Gasteiger partial charge is 0.488 e. The van der Waals surface area contributed by atoms with Crippen LogP contribution < -0.4 is 10.2 Å². The summed E-state index contributed by atoms with van der Waals surface area (Å²) in [6.45, 7) is 6.17. The van der Waals surface area contributed by atoms with E-state index in [-0.39, 0.29) is 0 Å². The summed E-state index contributed by atoms with van der Waals surface area (Å²) in [6.07, 6.45) is 4.99. The molecule has 0 heterocycles. The molecule has 0 aliphatic carbocycles. The molecule has 0 radical (unpaired) electrons. The molecule has 0 unspecified atom stereocenters. The highest BCUT2D eigenvalue weighted by atomic mass is 16.5. The Labute approximate surface area is 103 Å². The van der Waals surface area contributed by atoms with Gasteiger partial charge >= 0.3 is 7.12 Å². The van der Waals surface area contributed by atoms with Crippen LogP contribution in [0.1, 0.15) is 24.8 Å². The first kappa shape index (κ1) is 13.8. The van der Waals surface area contributed by atoms with Gasteiger partial charge in [0.15, 0.2) is 0 Å². The van der Waals surface area contributed by atoms with Crippen LogP contribution in [-0.4, -0.2) is 23.8 Å². The van der Waals surface area contributed by atoms with Crippen molar-refractivity contribution in [2.45, 2.75) is 26.2 Å². The highest BCUT2D eigenvalue weighted by Gasteiger charge is 2.13. The molecule has 1 aromatic rings. The first-order valence-corrected chi connectivity index (χ1v) is 5.85. The number of hydrogen-bond donors (Lipinski definition) is 2. The predicted molar refractivity (Wildman–Crippen MR) is 70.5 cm³/mol. The fourth-order valence-corrected chi connectivity index (χ4v) is 1.61. The van der Waals surface area contributed by atoms with Crippen LogP contribution in [0.25, 0.3) is 0 Å². The number of allylic oxidation sites excluding steroid dienone is 1. The molecule has 3 nitrogen and oxygen atoms in total. The summed E-state index contributed by atoms with van der Waals surface area (Å²) >= 11 is 0. The van der Waals surface area contributed by atoms with Crippen molar-refractivity contribution in [3.05, 3.63) is 36.4 Å². The fraction of sp³-hybridized carbons (Fsp3) is 0.385. The number of benzene rings is 1. The van der Waals surface area contributed by atoms with Crippen LogP contribution in [0.3, 0.4) is 0 Å². The molecule has 17 heavy (non-hydrogen) atoms. The number of ether oxygens (including phenoxy) is 1. The van der Waals surface area contributed by atoms with E-state index in [4.69, 9.17) is 14.8 Å². The normalized spacial score (nSPS) is 10.1. The van der Waals surface area contributed by atoms with Crippen LogP contribution in [0, 0.1) is 6.92 Å². The van der Waals surface area contributed by atoms with Crippen molar-refractivity contribution < 1.29 is 14.8 Å². The lowest BCUT2D eigenvalue weighted by Crippen LogP contribution is -2.31. The Balaban J connectivity index is 2.44. The lowest BCUT2D eigenvalue weighted by molar-refractivity contribution is 0.307. The van der Waals surface area contributed by atoms with Gasteiger partial charge in [0.05, 0.1) is 6.61 Å². The third-order valence-electron chi connectivity index (χ3n) is 2.59. The maximum absolute atomic E-state index is 9.07. The van der Waals surface area contributed by atoms with E-state index >= 15 is 0 Å². The molecule has 0 aliphatic heterocycles. The maximum Gasteiger partial charge on any atom is 0.488 e. The first-order chi connectivity index (χ1) is 8.15. The molecule has 4 heteroatoms. The Kier molecular flexibility index (Phi) is 5.80. The maximum atomic E-state index is 9.07. The van der Waals surface area contributed by atoms with Gasteiger partial charge < -0.3 is 14.8 Å². The van der Waals surface area contributed by atoms with E-state index < -0.39 is 7.12 Å². The summed E-state index contributed by atoms with van der Waals surface area (Å²) in [6, 6.07) is 5.26. The molecule has 0 saturated heterocycles. The Bertz CT molecular complexity index is 364. The van der Waals surface area contributed by atoms with Gasteiger partial charge in [0.2, 0.25) is 0 Å². The quantitative estimate of drug-likeness (QED) is 0.426. The van der Waals surface area contributed by atoms with E-state index in [0.717, 1.165) is 30.6 Å². The Hall–Kier alpha value is -1.26. The van der Waals surface area contributed by atoms with Gasteiger partial charge in [-0.2, -0.15) is 0 Å². The molecule has 0 bridgehead atoms. The summed E-state index contributed by atoms with van der Waals surface area (Å²) < 4.78 is 5.57. The van der Waals surface area contributed by atoms with Crippen LogP contribution in [0.5, 0.6) is 5.75 Å². The molecule has 92 valence electrons. The summed E-state index contributed by atoms with van der Waals surface area (Å²) in [7, 11) is -1.42. The molecule has 2 N–H and O–H groups in total. The van der Waals surface area contributed by atoms with Crippen molar-refractivity contribution in [2.75, 3.05) is 6.61 Å². The minimum absolute atomic E-state index is 0.518. The van der Waals surface area contributed by atoms with Gasteiger partial charge in [-0.05, 0) is 49.3 Å². The van der Waals surface area contributed by atoms with Gasteiger partial charge in [-0.25, -0.2) is 0 Å². The Morgan fingerprint density at radius 2 is 2.12 bits per heavy atom. The van der Waals surface area contributed by atoms with Crippen LogP contribution in [0.15, 0.2) is 30.9 Å². The zero-order valence-corrected chi connectivity index (χ0v) is 10.2. The number of unbranched alkanes of at least 4 members (excludes halogenated alkanes) is 2. The molecule has 0 spiro atoms. The molecule has 0 amide bonds. The minimum atomic E-state index is -1.42. The SMILES string of the molecule is C=CCCCCOc1ccc(B(O)O)c(C)c1. The van der Waals surface area contributed by atoms with Crippen molar-refractivity contribution in [2.24, 2.45) is 0 Å². The van der Waals surface area contributed by atoms with E-state index in [9.17, 15) is 0 Å². The number of aryl methyl sites for hydroxylation is 1. The zero-order valence-electron chi connectivity index (χ0n) is 10.2. The van der Waals surface area contributed by atoms with Crippen molar-refractivity contribution in [1.29, 1.82) is 0 Å². The monoisotopic (exact) mass is 234 g/mol. The summed E-state index contributed by atoms with van der Waals surface area (Å²) in [4.78, 5) is 0. The van der Waals surface area contributed by atoms with Crippen LogP contribution in [0.2, 0.25) is 0 Å². The lowest BCUT2D eigenvalue weighted by Gasteiger charge is -2.09. The molecular formula is C13H19BO3. The molecule has 0 fully saturated rings. The zero-order chi connectivity index (χ0) is 12.7. The van der Waals surface area contributed by atoms with Crippen LogP contribution in [-0.2, 0) is 0 Å². The van der Waals surface area contributed by atoms with Gasteiger partial charge in [0, 0.05) is 0 Å². The van der Waals surface area contributed by atoms with Gasteiger partial charge in [-0.3, -0.25) is 0 Å². The second-order valence-corrected chi connectivity index (χ2v) is 4.02. The second-order valence-electron chi connectivity index (χ2n) is 4.02. The molecule has 0 saturated carbocycles. The number of hydrogen-bond acceptors (Lipinski definition) is 3. The van der Waals surface area contributed by atoms with E-state index in [1.165, 1.54) is 0 Å². The van der Waals surface area contributed by atoms with Gasteiger partial charge in [0.1, 0.15) is 5.75 Å². The van der Waals surface area contributed by atoms with Gasteiger partial charge in [-0.15, -0.1) is 6.58 Å². The average molecular weight is 234 g/mol. The predicted octanol–water partition coefficient (Wildman–Crippen LogP) is 1.41. The van der Waals surface area contributed by atoms with E-state index in [2.05, 4.69) is 6.58 Å². The molecule has 0 aliphatic rings. The number of rotatable bonds is 7. The summed E-state index contributed by atoms with van der Waals surface area (Å²) in [5, 5.41) is 18.1. The van der Waals surface area contributed by atoms with Crippen molar-refractivity contribution in [3.63, 3.8) is 0 Å². The van der Waals surface area contributed by atoms with Crippen LogP contribution >= 0.6 is 0 Å². The van der Waals surface area contributed by atoms with Crippen molar-refractivity contribution in [3.8, 4) is 5.75 Å². The molecule has 0 aromatic heterocycles. The van der Waals surface area contributed by atoms with Crippen LogP contribution in [0.4, 0.5) is 0 Å². The Morgan fingerprint density at radius 1 is 1.35 bits per heavy atom. The molecule has 1 aromatic carbocycles. The summed E-state index contributed by atoms with van der Waals surface area (Å²) in [5.41, 5.74) is 1.34. The third-order valence-corrected chi connectivity index (χ3v) is 2.59. The molecule has 0 atom stereocenters. The van der Waals surface area contributed by atoms with Crippen molar-refractivity contribution >= 4 is 12.6 Å². The third kappa shape index (κ3) is 4.63. The Morgan fingerprint density at radius 3 is 2.71 bits per heavy atom. The standard InChI is InChI=1S/C13H19BO3/c1-3-4-5-6-9-17-12-7-8-13(14(15)16)11(2)10-12/h3,7-8,10,15-16H,1,4-6,9H2,2H3. The second kappa shape index (κ2) is 7.15. The average Bonchev–Trinajstić information content (AvgIpc) is 2.28. The van der Waals surface area contributed by atoms with Crippen molar-refractivity contribution in [1.82, 2.24) is 0 Å². The summed E-state index contributed by atoms with van der Waals surface area (Å²) in [5.74, 6) is 0.769. The fourth-order valence-electron chi connectivity index (χ4n) is 1.61. The topological polar surface area (TPSA) is 49.7 Å².